The molecule has 0 aromatic carbocycles. The summed E-state index contributed by atoms with van der Waals surface area (Å²) in [5, 5.41) is 1.05. The minimum Gasteiger partial charge on any atom is -0.768 e. The third-order valence-corrected chi connectivity index (χ3v) is 3.47. The summed E-state index contributed by atoms with van der Waals surface area (Å²) < 4.78 is 23.0. The summed E-state index contributed by atoms with van der Waals surface area (Å²) in [6.45, 7) is 0. The van der Waals surface area contributed by atoms with E-state index in [-0.39, 0.29) is 4.90 Å². The van der Waals surface area contributed by atoms with E-state index in [4.69, 9.17) is 0 Å². The van der Waals surface area contributed by atoms with Crippen LogP contribution in [0.2, 0.25) is 0 Å². The van der Waals surface area contributed by atoms with Gasteiger partial charge in [0.1, 0.15) is 5.65 Å². The summed E-state index contributed by atoms with van der Waals surface area (Å²) in [4.78, 5) is 19.6. The number of pyridine rings is 1. The Kier molecular flexibility index (Phi) is 3.27. The van der Waals surface area contributed by atoms with Crippen LogP contribution >= 0.6 is 11.8 Å². The predicted molar refractivity (Wildman–Crippen MR) is 63.7 cm³/mol. The fraction of sp³-hybridized carbons (Fsp3) is 0.222. The fourth-order valence-electron chi connectivity index (χ4n) is 1.42. The Hall–Kier alpha value is -1.25. The van der Waals surface area contributed by atoms with E-state index >= 15 is 0 Å². The van der Waals surface area contributed by atoms with Crippen LogP contribution in [0.4, 0.5) is 0 Å². The van der Waals surface area contributed by atoms with Crippen molar-refractivity contribution in [2.24, 2.45) is 7.05 Å². The van der Waals surface area contributed by atoms with Crippen LogP contribution in [-0.4, -0.2) is 29.6 Å². The number of aromatic nitrogens is 3. The summed E-state index contributed by atoms with van der Waals surface area (Å²) in [5.74, 6) is 0. The molecule has 0 amide bonds. The largest absolute Gasteiger partial charge is 0.768 e. The summed E-state index contributed by atoms with van der Waals surface area (Å²) >= 11 is -1.21. The first-order chi connectivity index (χ1) is 8.04. The highest BCUT2D eigenvalue weighted by Gasteiger charge is 2.09. The zero-order valence-corrected chi connectivity index (χ0v) is 10.7. The van der Waals surface area contributed by atoms with E-state index in [0.717, 1.165) is 0 Å². The molecule has 0 spiro atoms. The van der Waals surface area contributed by atoms with E-state index in [0.29, 0.717) is 16.2 Å². The van der Waals surface area contributed by atoms with Gasteiger partial charge in [-0.2, -0.15) is 0 Å². The van der Waals surface area contributed by atoms with Crippen LogP contribution in [0.1, 0.15) is 0 Å². The quantitative estimate of drug-likeness (QED) is 0.443. The van der Waals surface area contributed by atoms with Gasteiger partial charge in [-0.3, -0.25) is 13.6 Å². The molecule has 2 rings (SSSR count). The summed E-state index contributed by atoms with van der Waals surface area (Å²) in [7, 11) is 1.48. The standard InChI is InChI=1S/C9H9N3O3S2/c1-12-7-5(4-10-9(11-7)16-2)3-6(8(12)13)17(14)15/h3-4H,1-2H3,(H,14,15)/p-1. The molecule has 0 fully saturated rings. The van der Waals surface area contributed by atoms with Crippen molar-refractivity contribution in [3.05, 3.63) is 22.6 Å². The predicted octanol–water partition coefficient (Wildman–Crippen LogP) is 0.288. The van der Waals surface area contributed by atoms with Crippen molar-refractivity contribution in [1.29, 1.82) is 0 Å². The highest BCUT2D eigenvalue weighted by molar-refractivity contribution is 7.98. The molecule has 1 atom stereocenters. The molecule has 2 aromatic heterocycles. The van der Waals surface area contributed by atoms with Crippen molar-refractivity contribution < 1.29 is 8.76 Å². The van der Waals surface area contributed by atoms with Crippen LogP contribution in [-0.2, 0) is 18.1 Å². The lowest BCUT2D eigenvalue weighted by Crippen LogP contribution is -2.22. The lowest BCUT2D eigenvalue weighted by Gasteiger charge is -2.09. The average Bonchev–Trinajstić information content (AvgIpc) is 2.33. The number of fused-ring (bicyclic) bond motifs is 1. The van der Waals surface area contributed by atoms with E-state index in [2.05, 4.69) is 9.97 Å². The van der Waals surface area contributed by atoms with Crippen LogP contribution in [0.5, 0.6) is 0 Å². The van der Waals surface area contributed by atoms with E-state index in [1.54, 1.807) is 0 Å². The highest BCUT2D eigenvalue weighted by atomic mass is 32.2. The number of nitrogens with zero attached hydrogens (tertiary/aromatic N) is 3. The lowest BCUT2D eigenvalue weighted by atomic mass is 10.3. The molecule has 0 saturated heterocycles. The van der Waals surface area contributed by atoms with Gasteiger partial charge in [-0.25, -0.2) is 9.97 Å². The molecule has 6 nitrogen and oxygen atoms in total. The SMILES string of the molecule is CSc1ncc2cc(S(=O)[O-])c(=O)n(C)c2n1. The summed E-state index contributed by atoms with van der Waals surface area (Å²) in [6, 6.07) is 1.28. The van der Waals surface area contributed by atoms with Crippen molar-refractivity contribution in [3.8, 4) is 0 Å². The van der Waals surface area contributed by atoms with Gasteiger partial charge in [0.25, 0.3) is 5.56 Å². The van der Waals surface area contributed by atoms with Gasteiger partial charge in [0.05, 0.1) is 4.90 Å². The molecular formula is C9H8N3O3S2-. The number of hydrogen-bond donors (Lipinski definition) is 0. The Labute approximate surface area is 103 Å². The van der Waals surface area contributed by atoms with Gasteiger partial charge in [0, 0.05) is 18.6 Å². The molecule has 90 valence electrons. The smallest absolute Gasteiger partial charge is 0.267 e. The number of hydrogen-bond acceptors (Lipinski definition) is 6. The Bertz CT molecular complexity index is 668. The molecule has 1 unspecified atom stereocenters. The maximum atomic E-state index is 11.7. The molecule has 0 bridgehead atoms. The Morgan fingerprint density at radius 2 is 2.24 bits per heavy atom. The molecule has 17 heavy (non-hydrogen) atoms. The van der Waals surface area contributed by atoms with Gasteiger partial charge < -0.3 is 4.55 Å². The van der Waals surface area contributed by atoms with Crippen molar-refractivity contribution >= 4 is 33.9 Å². The maximum absolute atomic E-state index is 11.7. The Morgan fingerprint density at radius 3 is 2.82 bits per heavy atom. The van der Waals surface area contributed by atoms with Gasteiger partial charge in [0.15, 0.2) is 5.16 Å². The van der Waals surface area contributed by atoms with Gasteiger partial charge in [-0.15, -0.1) is 0 Å². The minimum atomic E-state index is -2.56. The molecule has 0 aliphatic rings. The normalized spacial score (nSPS) is 12.9. The fourth-order valence-corrected chi connectivity index (χ4v) is 2.26. The van der Waals surface area contributed by atoms with Gasteiger partial charge in [0.2, 0.25) is 0 Å². The van der Waals surface area contributed by atoms with Gasteiger partial charge in [-0.1, -0.05) is 11.8 Å². The first-order valence-electron chi connectivity index (χ1n) is 4.54. The molecule has 0 N–H and O–H groups in total. The molecule has 0 aliphatic carbocycles. The van der Waals surface area contributed by atoms with E-state index in [1.165, 1.54) is 35.6 Å². The molecule has 8 heteroatoms. The summed E-state index contributed by atoms with van der Waals surface area (Å²) in [6.07, 6.45) is 3.32. The van der Waals surface area contributed by atoms with Crippen LogP contribution in [0, 0.1) is 0 Å². The minimum absolute atomic E-state index is 0.277. The zero-order valence-electron chi connectivity index (χ0n) is 9.04. The first-order valence-corrected chi connectivity index (χ1v) is 6.84. The van der Waals surface area contributed by atoms with Crippen molar-refractivity contribution in [3.63, 3.8) is 0 Å². The van der Waals surface area contributed by atoms with Gasteiger partial charge >= 0.3 is 0 Å². The molecule has 2 aromatic rings. The van der Waals surface area contributed by atoms with Crippen molar-refractivity contribution in [1.82, 2.24) is 14.5 Å². The van der Waals surface area contributed by atoms with Crippen LogP contribution < -0.4 is 5.56 Å². The summed E-state index contributed by atoms with van der Waals surface area (Å²) in [5.41, 5.74) is -0.167. The van der Waals surface area contributed by atoms with E-state index < -0.39 is 16.6 Å². The van der Waals surface area contributed by atoms with Crippen LogP contribution in [0.15, 0.2) is 27.1 Å². The Morgan fingerprint density at radius 1 is 1.53 bits per heavy atom. The third-order valence-electron chi connectivity index (χ3n) is 2.26. The van der Waals surface area contributed by atoms with Crippen molar-refractivity contribution in [2.75, 3.05) is 6.26 Å². The molecule has 2 heterocycles. The van der Waals surface area contributed by atoms with E-state index in [9.17, 15) is 13.6 Å². The molecule has 0 radical (unpaired) electrons. The number of rotatable bonds is 2. The van der Waals surface area contributed by atoms with Crippen molar-refractivity contribution in [2.45, 2.75) is 10.1 Å². The molecule has 0 saturated carbocycles. The number of thioether (sulfide) groups is 1. The topological polar surface area (TPSA) is 87.9 Å². The molecule has 0 aliphatic heterocycles. The number of aryl methyl sites for hydroxylation is 1. The van der Waals surface area contributed by atoms with Crippen LogP contribution in [0.25, 0.3) is 11.0 Å². The first kappa shape index (κ1) is 12.2. The van der Waals surface area contributed by atoms with Crippen LogP contribution in [0.3, 0.4) is 0 Å². The highest BCUT2D eigenvalue weighted by Crippen LogP contribution is 2.15. The van der Waals surface area contributed by atoms with E-state index in [1.807, 2.05) is 6.26 Å². The second-order valence-electron chi connectivity index (χ2n) is 3.24. The Balaban J connectivity index is 2.86. The monoisotopic (exact) mass is 270 g/mol. The van der Waals surface area contributed by atoms with Gasteiger partial charge in [-0.05, 0) is 23.4 Å². The molecular weight excluding hydrogens is 262 g/mol. The average molecular weight is 270 g/mol. The third kappa shape index (κ3) is 2.11. The zero-order chi connectivity index (χ0) is 12.6. The second kappa shape index (κ2) is 4.55. The second-order valence-corrected chi connectivity index (χ2v) is 4.93. The maximum Gasteiger partial charge on any atom is 0.267 e. The lowest BCUT2D eigenvalue weighted by molar-refractivity contribution is 0.535.